The van der Waals surface area contributed by atoms with E-state index in [9.17, 15) is 0 Å². The molecule has 0 saturated carbocycles. The highest BCUT2D eigenvalue weighted by Gasteiger charge is 1.99. The topological polar surface area (TPSA) is 9.23 Å². The zero-order valence-electron chi connectivity index (χ0n) is 9.44. The average molecular weight is 202 g/mol. The first kappa shape index (κ1) is 11.6. The summed E-state index contributed by atoms with van der Waals surface area (Å²) in [5, 5.41) is 0. The quantitative estimate of drug-likeness (QED) is 0.660. The van der Waals surface area contributed by atoms with Crippen LogP contribution in [0.5, 0.6) is 5.75 Å². The third kappa shape index (κ3) is 4.03. The predicted octanol–water partition coefficient (Wildman–Crippen LogP) is 3.76. The Hall–Kier alpha value is -1.50. The summed E-state index contributed by atoms with van der Waals surface area (Å²) in [6, 6.07) is 8.17. The SMILES string of the molecule is C/C=C/COc1ccccc1C/C=C/C. The van der Waals surface area contributed by atoms with Gasteiger partial charge in [-0.05, 0) is 31.9 Å². The highest BCUT2D eigenvalue weighted by molar-refractivity contribution is 5.34. The molecule has 80 valence electrons. The largest absolute Gasteiger partial charge is 0.489 e. The van der Waals surface area contributed by atoms with Crippen molar-refractivity contribution < 1.29 is 4.74 Å². The van der Waals surface area contributed by atoms with Crippen molar-refractivity contribution >= 4 is 0 Å². The Labute approximate surface area is 92.1 Å². The molecular weight excluding hydrogens is 184 g/mol. The Kier molecular flexibility index (Phi) is 5.31. The summed E-state index contributed by atoms with van der Waals surface area (Å²) < 4.78 is 5.65. The van der Waals surface area contributed by atoms with Crippen LogP contribution in [-0.2, 0) is 6.42 Å². The lowest BCUT2D eigenvalue weighted by Crippen LogP contribution is -1.96. The molecule has 1 aromatic rings. The van der Waals surface area contributed by atoms with Crippen LogP contribution in [-0.4, -0.2) is 6.61 Å². The second kappa shape index (κ2) is 6.88. The van der Waals surface area contributed by atoms with Gasteiger partial charge >= 0.3 is 0 Å². The van der Waals surface area contributed by atoms with Crippen LogP contribution in [0.4, 0.5) is 0 Å². The van der Waals surface area contributed by atoms with Gasteiger partial charge in [0.05, 0.1) is 0 Å². The van der Waals surface area contributed by atoms with Crippen LogP contribution >= 0.6 is 0 Å². The second-order valence-electron chi connectivity index (χ2n) is 3.26. The maximum atomic E-state index is 5.65. The number of ether oxygens (including phenoxy) is 1. The molecule has 0 N–H and O–H groups in total. The fraction of sp³-hybridized carbons (Fsp3) is 0.286. The number of hydrogen-bond acceptors (Lipinski definition) is 1. The highest BCUT2D eigenvalue weighted by atomic mass is 16.5. The van der Waals surface area contributed by atoms with Gasteiger partial charge in [0.25, 0.3) is 0 Å². The van der Waals surface area contributed by atoms with Crippen LogP contribution < -0.4 is 4.74 Å². The molecule has 1 heteroatoms. The van der Waals surface area contributed by atoms with E-state index in [2.05, 4.69) is 18.2 Å². The average Bonchev–Trinajstić information content (AvgIpc) is 2.28. The molecule has 1 aromatic carbocycles. The number of rotatable bonds is 5. The zero-order valence-corrected chi connectivity index (χ0v) is 9.44. The summed E-state index contributed by atoms with van der Waals surface area (Å²) in [5.74, 6) is 0.980. The first-order valence-corrected chi connectivity index (χ1v) is 5.31. The highest BCUT2D eigenvalue weighted by Crippen LogP contribution is 2.18. The molecule has 0 fully saturated rings. The molecular formula is C14H18O. The van der Waals surface area contributed by atoms with Crippen molar-refractivity contribution in [2.24, 2.45) is 0 Å². The van der Waals surface area contributed by atoms with Crippen molar-refractivity contribution in [1.29, 1.82) is 0 Å². The molecule has 1 rings (SSSR count). The van der Waals surface area contributed by atoms with Crippen molar-refractivity contribution in [2.45, 2.75) is 20.3 Å². The maximum absolute atomic E-state index is 5.65. The molecule has 1 nitrogen and oxygen atoms in total. The van der Waals surface area contributed by atoms with E-state index < -0.39 is 0 Å². The van der Waals surface area contributed by atoms with E-state index in [4.69, 9.17) is 4.74 Å². The van der Waals surface area contributed by atoms with Crippen LogP contribution in [0.3, 0.4) is 0 Å². The first-order valence-electron chi connectivity index (χ1n) is 5.31. The number of benzene rings is 1. The van der Waals surface area contributed by atoms with Crippen LogP contribution in [0.1, 0.15) is 19.4 Å². The summed E-state index contributed by atoms with van der Waals surface area (Å²) in [7, 11) is 0. The molecule has 0 aliphatic heterocycles. The van der Waals surface area contributed by atoms with Gasteiger partial charge in [-0.2, -0.15) is 0 Å². The minimum absolute atomic E-state index is 0.642. The fourth-order valence-electron chi connectivity index (χ4n) is 1.29. The van der Waals surface area contributed by atoms with Gasteiger partial charge in [0.1, 0.15) is 12.4 Å². The molecule has 0 spiro atoms. The van der Waals surface area contributed by atoms with Gasteiger partial charge in [-0.15, -0.1) is 0 Å². The standard InChI is InChI=1S/C14H18O/c1-3-5-9-13-10-7-8-11-14(13)15-12-6-4-2/h3-8,10-11H,9,12H2,1-2H3/b5-3+,6-4+. The monoisotopic (exact) mass is 202 g/mol. The van der Waals surface area contributed by atoms with Gasteiger partial charge in [-0.1, -0.05) is 42.5 Å². The first-order chi connectivity index (χ1) is 7.38. The summed E-state index contributed by atoms with van der Waals surface area (Å²) in [4.78, 5) is 0. The van der Waals surface area contributed by atoms with Crippen molar-refractivity contribution in [3.63, 3.8) is 0 Å². The van der Waals surface area contributed by atoms with E-state index in [0.29, 0.717) is 6.61 Å². The van der Waals surface area contributed by atoms with Gasteiger partial charge < -0.3 is 4.74 Å². The Balaban J connectivity index is 2.67. The summed E-state index contributed by atoms with van der Waals surface area (Å²) in [6.45, 7) is 4.67. The van der Waals surface area contributed by atoms with Crippen molar-refractivity contribution in [2.75, 3.05) is 6.61 Å². The third-order valence-corrected chi connectivity index (χ3v) is 2.12. The summed E-state index contributed by atoms with van der Waals surface area (Å²) in [5.41, 5.74) is 1.24. The van der Waals surface area contributed by atoms with Crippen molar-refractivity contribution in [3.8, 4) is 5.75 Å². The van der Waals surface area contributed by atoms with Gasteiger partial charge in [0.2, 0.25) is 0 Å². The number of para-hydroxylation sites is 1. The molecule has 15 heavy (non-hydrogen) atoms. The lowest BCUT2D eigenvalue weighted by atomic mass is 10.1. The molecule has 0 amide bonds. The molecule has 0 aliphatic carbocycles. The van der Waals surface area contributed by atoms with Gasteiger partial charge in [-0.3, -0.25) is 0 Å². The smallest absolute Gasteiger partial charge is 0.123 e. The van der Waals surface area contributed by atoms with Crippen LogP contribution in [0.2, 0.25) is 0 Å². The summed E-state index contributed by atoms with van der Waals surface area (Å²) in [6.07, 6.45) is 9.13. The normalized spacial score (nSPS) is 11.3. The lowest BCUT2D eigenvalue weighted by molar-refractivity contribution is 0.359. The number of allylic oxidation sites excluding steroid dienone is 3. The molecule has 0 saturated heterocycles. The Morgan fingerprint density at radius 3 is 2.53 bits per heavy atom. The minimum Gasteiger partial charge on any atom is -0.489 e. The molecule has 0 aliphatic rings. The van der Waals surface area contributed by atoms with Gasteiger partial charge in [0, 0.05) is 0 Å². The molecule has 0 bridgehead atoms. The van der Waals surface area contributed by atoms with E-state index in [1.54, 1.807) is 0 Å². The number of hydrogen-bond donors (Lipinski definition) is 0. The van der Waals surface area contributed by atoms with E-state index in [-0.39, 0.29) is 0 Å². The molecule has 0 radical (unpaired) electrons. The second-order valence-corrected chi connectivity index (χ2v) is 3.26. The molecule has 0 unspecified atom stereocenters. The Bertz CT molecular complexity index is 337. The van der Waals surface area contributed by atoms with E-state index in [1.165, 1.54) is 5.56 Å². The minimum atomic E-state index is 0.642. The Morgan fingerprint density at radius 2 is 1.80 bits per heavy atom. The van der Waals surface area contributed by atoms with Crippen LogP contribution in [0.15, 0.2) is 48.6 Å². The van der Waals surface area contributed by atoms with Gasteiger partial charge in [-0.25, -0.2) is 0 Å². The molecule has 0 aromatic heterocycles. The zero-order chi connectivity index (χ0) is 10.9. The fourth-order valence-corrected chi connectivity index (χ4v) is 1.29. The van der Waals surface area contributed by atoms with Crippen molar-refractivity contribution in [3.05, 3.63) is 54.1 Å². The van der Waals surface area contributed by atoms with Crippen LogP contribution in [0, 0.1) is 0 Å². The Morgan fingerprint density at radius 1 is 1.07 bits per heavy atom. The van der Waals surface area contributed by atoms with Crippen LogP contribution in [0.25, 0.3) is 0 Å². The lowest BCUT2D eigenvalue weighted by Gasteiger charge is -2.07. The maximum Gasteiger partial charge on any atom is 0.123 e. The third-order valence-electron chi connectivity index (χ3n) is 2.12. The van der Waals surface area contributed by atoms with E-state index in [0.717, 1.165) is 12.2 Å². The molecule has 0 heterocycles. The van der Waals surface area contributed by atoms with E-state index >= 15 is 0 Å². The van der Waals surface area contributed by atoms with Gasteiger partial charge in [0.15, 0.2) is 0 Å². The molecule has 0 atom stereocenters. The van der Waals surface area contributed by atoms with Crippen molar-refractivity contribution in [1.82, 2.24) is 0 Å². The predicted molar refractivity (Wildman–Crippen MR) is 65.3 cm³/mol. The summed E-state index contributed by atoms with van der Waals surface area (Å²) >= 11 is 0. The van der Waals surface area contributed by atoms with E-state index in [1.807, 2.05) is 44.2 Å².